The number of hydrogen-bond donors (Lipinski definition) is 1. The molecule has 0 radical (unpaired) electrons. The molecular formula is C37H50N5O4+. The average molecular weight is 629 g/mol. The standard InChI is InChI=1S/C37H49N5O4/c1-25(2)42-23-29(22-39-42)28-12-19-38-33(21-28)41(34(43)27-6-9-31(10-7-27)40-35(44)46-5)24-36-13-16-37(17-14-36,18-15-36)30-8-11-32(45-4)26(3)20-30/h8,11-12,19-23,25,27,31H,6-7,9-10,13-18,24H2,1-5H3,(H,40,44)/p+1. The summed E-state index contributed by atoms with van der Waals surface area (Å²) >= 11 is 0. The van der Waals surface area contributed by atoms with Gasteiger partial charge in [-0.3, -0.25) is 14.4 Å². The van der Waals surface area contributed by atoms with E-state index in [4.69, 9.17) is 14.5 Å². The highest BCUT2D eigenvalue weighted by Gasteiger charge is 2.51. The maximum absolute atomic E-state index is 14.5. The topological polar surface area (TPSA) is 103 Å². The lowest BCUT2D eigenvalue weighted by Crippen LogP contribution is -2.93. The second-order valence-electron chi connectivity index (χ2n) is 14.4. The van der Waals surface area contributed by atoms with Crippen LogP contribution in [-0.2, 0) is 14.9 Å². The Balaban J connectivity index is 1.24. The van der Waals surface area contributed by atoms with Crippen LogP contribution in [0.2, 0.25) is 0 Å². The van der Waals surface area contributed by atoms with E-state index >= 15 is 0 Å². The van der Waals surface area contributed by atoms with E-state index < -0.39 is 0 Å². The zero-order valence-electron chi connectivity index (χ0n) is 28.1. The largest absolute Gasteiger partial charge is 0.512 e. The van der Waals surface area contributed by atoms with Crippen LogP contribution < -0.4 is 15.0 Å². The van der Waals surface area contributed by atoms with Gasteiger partial charge in [-0.2, -0.15) is 9.89 Å². The molecule has 7 rings (SSSR count). The van der Waals surface area contributed by atoms with Crippen molar-refractivity contribution in [1.82, 2.24) is 14.8 Å². The van der Waals surface area contributed by atoms with Gasteiger partial charge in [0.2, 0.25) is 5.91 Å². The maximum atomic E-state index is 14.5. The van der Waals surface area contributed by atoms with Crippen LogP contribution in [0.1, 0.15) is 95.2 Å². The molecule has 0 unspecified atom stereocenters. The predicted molar refractivity (Wildman–Crippen MR) is 178 cm³/mol. The number of primary amides is 1. The van der Waals surface area contributed by atoms with Gasteiger partial charge in [-0.1, -0.05) is 12.1 Å². The molecule has 9 nitrogen and oxygen atoms in total. The van der Waals surface area contributed by atoms with Crippen LogP contribution >= 0.6 is 0 Å². The third kappa shape index (κ3) is 6.43. The van der Waals surface area contributed by atoms with Crippen molar-refractivity contribution in [2.24, 2.45) is 11.3 Å². The molecule has 0 aliphatic heterocycles. The fraction of sp³-hybridized carbons (Fsp3) is 0.568. The average Bonchev–Trinajstić information content (AvgIpc) is 3.59. The number of hydrogen-bond acceptors (Lipinski definition) is 6. The molecular weight excluding hydrogens is 578 g/mol. The van der Waals surface area contributed by atoms with Crippen molar-refractivity contribution < 1.29 is 24.4 Å². The smallest absolute Gasteiger partial charge is 0.496 e. The summed E-state index contributed by atoms with van der Waals surface area (Å²) in [5, 5.41) is 6.23. The maximum Gasteiger partial charge on any atom is 0.512 e. The first-order chi connectivity index (χ1) is 22.1. The summed E-state index contributed by atoms with van der Waals surface area (Å²) in [6, 6.07) is 11.2. The zero-order chi connectivity index (χ0) is 32.5. The molecule has 246 valence electrons. The van der Waals surface area contributed by atoms with Crippen molar-refractivity contribution in [2.45, 2.75) is 102 Å². The summed E-state index contributed by atoms with van der Waals surface area (Å²) < 4.78 is 12.4. The number of anilines is 1. The number of nitrogens with two attached hydrogens (primary N) is 1. The van der Waals surface area contributed by atoms with E-state index in [2.05, 4.69) is 56.3 Å². The number of rotatable bonds is 9. The Labute approximate surface area is 273 Å². The summed E-state index contributed by atoms with van der Waals surface area (Å²) in [5.74, 6) is 1.76. The van der Waals surface area contributed by atoms with E-state index in [0.29, 0.717) is 6.54 Å². The van der Waals surface area contributed by atoms with E-state index in [1.807, 2.05) is 28.0 Å². The van der Waals surface area contributed by atoms with Gasteiger partial charge in [0.15, 0.2) is 0 Å². The second-order valence-corrected chi connectivity index (χ2v) is 14.4. The van der Waals surface area contributed by atoms with Crippen LogP contribution in [0.3, 0.4) is 0 Å². The van der Waals surface area contributed by atoms with Crippen LogP contribution in [0.4, 0.5) is 10.6 Å². The number of benzene rings is 1. The first-order valence-electron chi connectivity index (χ1n) is 17.0. The van der Waals surface area contributed by atoms with E-state index in [0.717, 1.165) is 86.9 Å². The van der Waals surface area contributed by atoms with Gasteiger partial charge in [0.1, 0.15) is 11.6 Å². The van der Waals surface area contributed by atoms with Crippen molar-refractivity contribution >= 4 is 17.8 Å². The Bertz CT molecular complexity index is 1530. The number of carbonyl (C=O) groups excluding carboxylic acids is 2. The zero-order valence-corrected chi connectivity index (χ0v) is 28.1. The van der Waals surface area contributed by atoms with Gasteiger partial charge in [0, 0.05) is 49.3 Å². The van der Waals surface area contributed by atoms with E-state index in [1.165, 1.54) is 18.2 Å². The Hall–Kier alpha value is -3.72. The lowest BCUT2D eigenvalue weighted by atomic mass is 9.51. The molecule has 3 aromatic rings. The number of fused-ring (bicyclic) bond motifs is 3. The molecule has 9 heteroatoms. The van der Waals surface area contributed by atoms with Gasteiger partial charge < -0.3 is 9.47 Å². The summed E-state index contributed by atoms with van der Waals surface area (Å²) in [6.07, 6.45) is 15.4. The third-order valence-corrected chi connectivity index (χ3v) is 11.3. The third-order valence-electron chi connectivity index (χ3n) is 11.3. The molecule has 4 aliphatic rings. The van der Waals surface area contributed by atoms with E-state index in [-0.39, 0.29) is 40.8 Å². The number of aryl methyl sites for hydroxylation is 1. The molecule has 2 bridgehead atoms. The van der Waals surface area contributed by atoms with Gasteiger partial charge in [-0.05, 0) is 118 Å². The van der Waals surface area contributed by atoms with Crippen LogP contribution in [0.25, 0.3) is 11.1 Å². The molecule has 2 amide bonds. The Kier molecular flexibility index (Phi) is 9.24. The number of aromatic nitrogens is 3. The normalized spacial score (nSPS) is 25.8. The van der Waals surface area contributed by atoms with Crippen molar-refractivity contribution in [2.75, 3.05) is 25.7 Å². The summed E-state index contributed by atoms with van der Waals surface area (Å²) in [5.41, 5.74) is 4.95. The van der Waals surface area contributed by atoms with Crippen molar-refractivity contribution in [3.05, 3.63) is 60.0 Å². The Morgan fingerprint density at radius 3 is 2.33 bits per heavy atom. The quantitative estimate of drug-likeness (QED) is 0.296. The molecule has 4 aliphatic carbocycles. The van der Waals surface area contributed by atoms with Gasteiger partial charge in [-0.25, -0.2) is 10.3 Å². The molecule has 2 N–H and O–H groups in total. The minimum absolute atomic E-state index is 0.0784. The Morgan fingerprint density at radius 2 is 1.72 bits per heavy atom. The monoisotopic (exact) mass is 628 g/mol. The number of amides is 2. The van der Waals surface area contributed by atoms with Gasteiger partial charge >= 0.3 is 6.09 Å². The molecule has 2 aromatic heterocycles. The van der Waals surface area contributed by atoms with Crippen LogP contribution in [-0.4, -0.2) is 53.6 Å². The number of pyridine rings is 1. The van der Waals surface area contributed by atoms with Gasteiger partial charge in [0.05, 0.1) is 26.5 Å². The number of carbonyl (C=O) groups is 2. The first-order valence-corrected chi connectivity index (χ1v) is 17.0. The number of nitrogens with zero attached hydrogens (tertiary/aromatic N) is 4. The molecule has 4 saturated carbocycles. The minimum atomic E-state index is -0.284. The summed E-state index contributed by atoms with van der Waals surface area (Å²) in [6.45, 7) is 7.06. The van der Waals surface area contributed by atoms with Gasteiger partial charge in [0.25, 0.3) is 0 Å². The van der Waals surface area contributed by atoms with Crippen molar-refractivity contribution in [1.29, 1.82) is 0 Å². The highest BCUT2D eigenvalue weighted by atomic mass is 16.5. The highest BCUT2D eigenvalue weighted by molar-refractivity contribution is 5.95. The molecule has 2 heterocycles. The lowest BCUT2D eigenvalue weighted by molar-refractivity contribution is -0.611. The van der Waals surface area contributed by atoms with E-state index in [1.54, 1.807) is 12.4 Å². The van der Waals surface area contributed by atoms with Crippen LogP contribution in [0, 0.1) is 18.3 Å². The molecule has 0 spiro atoms. The van der Waals surface area contributed by atoms with Crippen molar-refractivity contribution in [3.8, 4) is 16.9 Å². The Morgan fingerprint density at radius 1 is 1.00 bits per heavy atom. The second kappa shape index (κ2) is 13.2. The van der Waals surface area contributed by atoms with Crippen molar-refractivity contribution in [3.63, 3.8) is 0 Å². The molecule has 0 atom stereocenters. The highest BCUT2D eigenvalue weighted by Crippen LogP contribution is 2.58. The fourth-order valence-electron chi connectivity index (χ4n) is 8.28. The predicted octanol–water partition coefficient (Wildman–Crippen LogP) is 6.36. The van der Waals surface area contributed by atoms with Crippen LogP contribution in [0.15, 0.2) is 48.9 Å². The summed E-state index contributed by atoms with van der Waals surface area (Å²) in [7, 11) is 3.15. The van der Waals surface area contributed by atoms with Gasteiger partial charge in [-0.15, -0.1) is 0 Å². The number of quaternary nitrogens is 1. The molecule has 0 saturated heterocycles. The van der Waals surface area contributed by atoms with E-state index in [9.17, 15) is 9.59 Å². The molecule has 4 fully saturated rings. The first kappa shape index (κ1) is 32.2. The fourth-order valence-corrected chi connectivity index (χ4v) is 8.28. The SMILES string of the molecule is COC(=O)[NH2+]C1CCC(C(=O)N(CC23CCC(c4ccc(OC)c(C)c4)(CC2)CC3)c2cc(-c3cnn(C(C)C)c3)ccn2)CC1. The summed E-state index contributed by atoms with van der Waals surface area (Å²) in [4.78, 5) is 33.2. The molecule has 46 heavy (non-hydrogen) atoms. The lowest BCUT2D eigenvalue weighted by Gasteiger charge is -2.55. The number of ether oxygens (including phenoxy) is 2. The van der Waals surface area contributed by atoms with Crippen LogP contribution in [0.5, 0.6) is 5.75 Å². The molecule has 1 aromatic carbocycles. The number of methoxy groups -OCH3 is 2. The minimum Gasteiger partial charge on any atom is -0.496 e.